The van der Waals surface area contributed by atoms with Crippen molar-refractivity contribution in [1.82, 2.24) is 5.32 Å². The van der Waals surface area contributed by atoms with Gasteiger partial charge in [0.2, 0.25) is 5.91 Å². The summed E-state index contributed by atoms with van der Waals surface area (Å²) in [4.78, 5) is 30.6. The Bertz CT molecular complexity index is 200. The van der Waals surface area contributed by atoms with E-state index in [-0.39, 0.29) is 0 Å². The van der Waals surface area contributed by atoms with Crippen molar-refractivity contribution >= 4 is 19.9 Å². The fraction of sp³-hybridized carbons (Fsp3) is 0.600. The highest BCUT2D eigenvalue weighted by molar-refractivity contribution is 7.36. The van der Waals surface area contributed by atoms with E-state index in [2.05, 4.69) is 0 Å². The van der Waals surface area contributed by atoms with Gasteiger partial charge in [-0.2, -0.15) is 0 Å². The number of carboxylic acids is 1. The van der Waals surface area contributed by atoms with E-state index >= 15 is 0 Å². The van der Waals surface area contributed by atoms with Gasteiger partial charge in [0.1, 0.15) is 6.04 Å². The number of aliphatic carboxylic acids is 1. The van der Waals surface area contributed by atoms with E-state index in [1.807, 2.05) is 5.32 Å². The first-order valence-electron chi connectivity index (χ1n) is 3.03. The number of carboxylic acid groups (broad SMARTS) is 1. The minimum atomic E-state index is -2.84. The Labute approximate surface area is 69.5 Å². The third kappa shape index (κ3) is 4.76. The quantitative estimate of drug-likeness (QED) is 0.489. The molecule has 0 aliphatic rings. The molecule has 12 heavy (non-hydrogen) atoms. The SMILES string of the molecule is CC(=O)NC(C[P+](=O)[O-])C(=O)[O-]. The molecule has 0 heterocycles. The lowest BCUT2D eigenvalue weighted by molar-refractivity contribution is -0.307. The molecule has 0 aromatic rings. The van der Waals surface area contributed by atoms with Gasteiger partial charge in [0.05, 0.1) is 5.97 Å². The molecule has 2 atom stereocenters. The zero-order valence-corrected chi connectivity index (χ0v) is 7.17. The van der Waals surface area contributed by atoms with Crippen LogP contribution in [0, 0.1) is 0 Å². The van der Waals surface area contributed by atoms with Crippen LogP contribution in [0.4, 0.5) is 0 Å². The molecular weight excluding hydrogens is 185 g/mol. The standard InChI is InChI=1S/C5H8NO5P/c1-3(7)6-4(5(8)9)2-12(10)11/h4H,2H2,1H3,(H,6,7)(H,8,9)/p-1. The summed E-state index contributed by atoms with van der Waals surface area (Å²) in [5.41, 5.74) is 0. The number of hydrogen-bond acceptors (Lipinski definition) is 5. The molecule has 0 aliphatic heterocycles. The van der Waals surface area contributed by atoms with E-state index in [1.54, 1.807) is 0 Å². The summed E-state index contributed by atoms with van der Waals surface area (Å²) in [5, 5.41) is 12.1. The van der Waals surface area contributed by atoms with Crippen LogP contribution in [0.1, 0.15) is 6.92 Å². The molecule has 6 nitrogen and oxygen atoms in total. The van der Waals surface area contributed by atoms with E-state index in [0.717, 1.165) is 6.92 Å². The smallest absolute Gasteiger partial charge is 0.311 e. The summed E-state index contributed by atoms with van der Waals surface area (Å²) < 4.78 is 10.1. The average molecular weight is 192 g/mol. The van der Waals surface area contributed by atoms with E-state index in [9.17, 15) is 24.2 Å². The molecule has 1 amide bonds. The predicted molar refractivity (Wildman–Crippen MR) is 35.1 cm³/mol. The molecule has 2 unspecified atom stereocenters. The molecule has 7 heteroatoms. The molecule has 0 saturated heterocycles. The van der Waals surface area contributed by atoms with Gasteiger partial charge >= 0.3 is 8.03 Å². The van der Waals surface area contributed by atoms with Gasteiger partial charge in [-0.1, -0.05) is 4.57 Å². The van der Waals surface area contributed by atoms with E-state index in [1.165, 1.54) is 0 Å². The summed E-state index contributed by atoms with van der Waals surface area (Å²) >= 11 is 0. The second-order valence-corrected chi connectivity index (χ2v) is 3.12. The van der Waals surface area contributed by atoms with Crippen LogP contribution < -0.4 is 15.3 Å². The van der Waals surface area contributed by atoms with Crippen LogP contribution in [-0.4, -0.2) is 24.1 Å². The first-order valence-corrected chi connectivity index (χ1v) is 4.39. The predicted octanol–water partition coefficient (Wildman–Crippen LogP) is -2.66. The van der Waals surface area contributed by atoms with Gasteiger partial charge < -0.3 is 20.1 Å². The highest BCUT2D eigenvalue weighted by Crippen LogP contribution is 2.07. The summed E-state index contributed by atoms with van der Waals surface area (Å²) in [6, 6.07) is -1.45. The Morgan fingerprint density at radius 1 is 1.58 bits per heavy atom. The monoisotopic (exact) mass is 192 g/mol. The van der Waals surface area contributed by atoms with Crippen LogP contribution in [0.3, 0.4) is 0 Å². The summed E-state index contributed by atoms with van der Waals surface area (Å²) in [6.07, 6.45) is -0.642. The Morgan fingerprint density at radius 2 is 2.08 bits per heavy atom. The minimum absolute atomic E-state index is 0.610. The van der Waals surface area contributed by atoms with Crippen molar-refractivity contribution in [2.75, 3.05) is 6.16 Å². The van der Waals surface area contributed by atoms with Crippen molar-refractivity contribution < 1.29 is 24.2 Å². The van der Waals surface area contributed by atoms with Crippen molar-refractivity contribution in [3.8, 4) is 0 Å². The fourth-order valence-corrected chi connectivity index (χ4v) is 1.11. The maximum Gasteiger partial charge on any atom is 0.311 e. The number of amides is 1. The number of hydrogen-bond donors (Lipinski definition) is 1. The molecule has 0 bridgehead atoms. The molecular formula is C5H7NO5P-. The summed E-state index contributed by atoms with van der Waals surface area (Å²) in [7, 11) is -2.84. The molecule has 0 aromatic carbocycles. The topological polar surface area (TPSA) is 109 Å². The van der Waals surface area contributed by atoms with Gasteiger partial charge in [0.25, 0.3) is 0 Å². The van der Waals surface area contributed by atoms with Crippen molar-refractivity contribution in [2.45, 2.75) is 13.0 Å². The normalized spacial score (nSPS) is 13.3. The van der Waals surface area contributed by atoms with Crippen LogP contribution in [0.15, 0.2) is 0 Å². The van der Waals surface area contributed by atoms with E-state index in [0.29, 0.717) is 0 Å². The van der Waals surface area contributed by atoms with Crippen LogP contribution >= 0.6 is 8.03 Å². The van der Waals surface area contributed by atoms with Crippen molar-refractivity contribution in [2.24, 2.45) is 0 Å². The third-order valence-corrected chi connectivity index (χ3v) is 1.66. The fourth-order valence-electron chi connectivity index (χ4n) is 0.574. The van der Waals surface area contributed by atoms with Crippen LogP contribution in [0.2, 0.25) is 0 Å². The number of carbonyl (C=O) groups is 2. The van der Waals surface area contributed by atoms with Gasteiger partial charge in [-0.3, -0.25) is 4.79 Å². The second kappa shape index (κ2) is 4.79. The first-order chi connectivity index (χ1) is 5.43. The molecule has 0 saturated carbocycles. The van der Waals surface area contributed by atoms with Gasteiger partial charge in [0.15, 0.2) is 6.16 Å². The first kappa shape index (κ1) is 11.0. The Morgan fingerprint density at radius 3 is 2.33 bits per heavy atom. The molecule has 68 valence electrons. The number of rotatable bonds is 4. The van der Waals surface area contributed by atoms with Crippen molar-refractivity contribution in [1.29, 1.82) is 0 Å². The van der Waals surface area contributed by atoms with Crippen molar-refractivity contribution in [3.05, 3.63) is 0 Å². The molecule has 0 radical (unpaired) electrons. The maximum atomic E-state index is 10.3. The highest BCUT2D eigenvalue weighted by atomic mass is 31.1. The van der Waals surface area contributed by atoms with E-state index in [4.69, 9.17) is 0 Å². The van der Waals surface area contributed by atoms with Gasteiger partial charge in [0, 0.05) is 6.92 Å². The molecule has 0 spiro atoms. The highest BCUT2D eigenvalue weighted by Gasteiger charge is 2.17. The van der Waals surface area contributed by atoms with Gasteiger partial charge in [-0.05, 0) is 0 Å². The maximum absolute atomic E-state index is 10.3. The lowest BCUT2D eigenvalue weighted by Gasteiger charge is -2.13. The number of nitrogens with one attached hydrogen (secondary N) is 1. The van der Waals surface area contributed by atoms with Crippen LogP contribution in [-0.2, 0) is 14.2 Å². The molecule has 0 aromatic heterocycles. The van der Waals surface area contributed by atoms with Gasteiger partial charge in [-0.25, -0.2) is 0 Å². The molecule has 0 rings (SSSR count). The average Bonchev–Trinajstić information content (AvgIpc) is 1.83. The summed E-state index contributed by atoms with van der Waals surface area (Å²) in [5.74, 6) is -2.22. The summed E-state index contributed by atoms with van der Waals surface area (Å²) in [6.45, 7) is 1.09. The molecule has 0 aliphatic carbocycles. The Kier molecular flexibility index (Phi) is 4.39. The Hall–Kier alpha value is -1.00. The van der Waals surface area contributed by atoms with E-state index < -0.39 is 32.1 Å². The third-order valence-electron chi connectivity index (χ3n) is 0.994. The number of carbonyl (C=O) groups excluding carboxylic acids is 2. The molecule has 0 fully saturated rings. The van der Waals surface area contributed by atoms with Crippen LogP contribution in [0.25, 0.3) is 0 Å². The largest absolute Gasteiger partial charge is 0.595 e. The minimum Gasteiger partial charge on any atom is -0.595 e. The van der Waals surface area contributed by atoms with Crippen LogP contribution in [0.5, 0.6) is 0 Å². The zero-order chi connectivity index (χ0) is 9.72. The lowest BCUT2D eigenvalue weighted by Crippen LogP contribution is -2.49. The zero-order valence-electron chi connectivity index (χ0n) is 6.27. The molecule has 1 N–H and O–H groups in total. The van der Waals surface area contributed by atoms with Gasteiger partial charge in [-0.15, -0.1) is 0 Å². The second-order valence-electron chi connectivity index (χ2n) is 2.09. The van der Waals surface area contributed by atoms with Crippen molar-refractivity contribution in [3.63, 3.8) is 0 Å². The lowest BCUT2D eigenvalue weighted by atomic mass is 10.3. The Balaban J connectivity index is 4.14.